The lowest BCUT2D eigenvalue weighted by Crippen LogP contribution is -1.97. The summed E-state index contributed by atoms with van der Waals surface area (Å²) in [7, 11) is 0. The van der Waals surface area contributed by atoms with Gasteiger partial charge in [-0.3, -0.25) is 5.10 Å². The van der Waals surface area contributed by atoms with Crippen LogP contribution in [0.5, 0.6) is 0 Å². The van der Waals surface area contributed by atoms with E-state index in [0.717, 1.165) is 28.9 Å². The molecule has 0 fully saturated rings. The molecule has 86 valence electrons. The molecule has 0 aliphatic carbocycles. The van der Waals surface area contributed by atoms with Crippen LogP contribution in [0.4, 0.5) is 0 Å². The number of nitriles is 1. The molecule has 1 heterocycles. The van der Waals surface area contributed by atoms with Gasteiger partial charge < -0.3 is 0 Å². The number of nitrogens with one attached hydrogen (secondary N) is 1. The maximum Gasteiger partial charge on any atom is 0.127 e. The molecule has 0 atom stereocenters. The summed E-state index contributed by atoms with van der Waals surface area (Å²) in [5, 5.41) is 12.0. The lowest BCUT2D eigenvalue weighted by atomic mass is 10.2. The Hall–Kier alpha value is -1.86. The Bertz CT molecular complexity index is 599. The fraction of sp³-hybridized carbons (Fsp3) is 0.231. The first-order valence-electron chi connectivity index (χ1n) is 5.56. The van der Waals surface area contributed by atoms with E-state index in [1.54, 1.807) is 12.1 Å². The average Bonchev–Trinajstić information content (AvgIpc) is 2.71. The molecule has 2 aromatic rings. The molecular weight excluding hydrogens is 230 g/mol. The zero-order valence-corrected chi connectivity index (χ0v) is 10.4. The van der Waals surface area contributed by atoms with E-state index in [9.17, 15) is 0 Å². The van der Waals surface area contributed by atoms with Crippen LogP contribution in [0.3, 0.4) is 0 Å². The van der Waals surface area contributed by atoms with E-state index in [1.807, 2.05) is 22.9 Å². The molecule has 17 heavy (non-hydrogen) atoms. The van der Waals surface area contributed by atoms with Crippen molar-refractivity contribution in [2.45, 2.75) is 19.8 Å². The zero-order chi connectivity index (χ0) is 12.3. The van der Waals surface area contributed by atoms with Crippen molar-refractivity contribution in [2.24, 2.45) is 0 Å². The fourth-order valence-electron chi connectivity index (χ4n) is 1.72. The summed E-state index contributed by atoms with van der Waals surface area (Å²) in [6.45, 7) is 2.13. The summed E-state index contributed by atoms with van der Waals surface area (Å²) in [4.78, 5) is 0. The summed E-state index contributed by atoms with van der Waals surface area (Å²) in [6.07, 6.45) is 2.08. The minimum Gasteiger partial charge on any atom is -0.297 e. The van der Waals surface area contributed by atoms with Crippen molar-refractivity contribution in [3.8, 4) is 11.8 Å². The van der Waals surface area contributed by atoms with E-state index >= 15 is 0 Å². The van der Waals surface area contributed by atoms with Gasteiger partial charge in [0.2, 0.25) is 0 Å². The smallest absolute Gasteiger partial charge is 0.127 e. The number of aromatic nitrogens is 2. The number of aromatic amines is 1. The molecule has 1 N–H and O–H groups in total. The van der Waals surface area contributed by atoms with Crippen molar-refractivity contribution in [1.29, 1.82) is 5.26 Å². The molecule has 0 unspecified atom stereocenters. The molecule has 1 aromatic heterocycles. The highest BCUT2D eigenvalue weighted by atomic mass is 32.1. The third-order valence-electron chi connectivity index (χ3n) is 2.55. The van der Waals surface area contributed by atoms with Crippen LogP contribution in [0.15, 0.2) is 30.3 Å². The fourth-order valence-corrected chi connectivity index (χ4v) is 2.01. The van der Waals surface area contributed by atoms with E-state index < -0.39 is 0 Å². The monoisotopic (exact) mass is 243 g/mol. The van der Waals surface area contributed by atoms with Crippen molar-refractivity contribution < 1.29 is 0 Å². The second-order valence-corrected chi connectivity index (χ2v) is 4.28. The first-order chi connectivity index (χ1) is 8.24. The van der Waals surface area contributed by atoms with Crippen molar-refractivity contribution >= 4 is 12.2 Å². The van der Waals surface area contributed by atoms with Gasteiger partial charge in [0, 0.05) is 5.69 Å². The summed E-state index contributed by atoms with van der Waals surface area (Å²) in [5.41, 5.74) is 2.75. The molecule has 0 saturated heterocycles. The molecular formula is C13H13N3S. The highest BCUT2D eigenvalue weighted by Gasteiger charge is 2.02. The third kappa shape index (κ3) is 2.45. The Balaban J connectivity index is 2.39. The molecule has 0 bridgehead atoms. The van der Waals surface area contributed by atoms with Gasteiger partial charge in [0.05, 0.1) is 17.3 Å². The van der Waals surface area contributed by atoms with Crippen LogP contribution >= 0.6 is 12.2 Å². The Kier molecular flexibility index (Phi) is 3.40. The van der Waals surface area contributed by atoms with Crippen molar-refractivity contribution in [2.75, 3.05) is 0 Å². The Morgan fingerprint density at radius 2 is 2.06 bits per heavy atom. The van der Waals surface area contributed by atoms with Gasteiger partial charge in [0.1, 0.15) is 4.64 Å². The number of nitrogens with zero attached hydrogens (tertiary/aromatic N) is 2. The van der Waals surface area contributed by atoms with Crippen LogP contribution in [-0.4, -0.2) is 9.78 Å². The van der Waals surface area contributed by atoms with Crippen LogP contribution in [0.2, 0.25) is 0 Å². The van der Waals surface area contributed by atoms with Gasteiger partial charge in [-0.2, -0.15) is 5.26 Å². The topological polar surface area (TPSA) is 44.5 Å². The number of H-pyrrole nitrogens is 1. The van der Waals surface area contributed by atoms with Gasteiger partial charge in [-0.05, 0) is 36.8 Å². The van der Waals surface area contributed by atoms with Crippen molar-refractivity contribution in [3.05, 3.63) is 46.2 Å². The summed E-state index contributed by atoms with van der Waals surface area (Å²) < 4.78 is 2.62. The van der Waals surface area contributed by atoms with E-state index in [0.29, 0.717) is 5.56 Å². The average molecular weight is 243 g/mol. The highest BCUT2D eigenvalue weighted by molar-refractivity contribution is 7.71. The van der Waals surface area contributed by atoms with Crippen molar-refractivity contribution in [3.63, 3.8) is 0 Å². The molecule has 1 aromatic carbocycles. The third-order valence-corrected chi connectivity index (χ3v) is 2.85. The van der Waals surface area contributed by atoms with Gasteiger partial charge in [0.15, 0.2) is 0 Å². The SMILES string of the molecule is CCCc1cc(=S)n(-c2ccc(C#N)cc2)[nH]1. The highest BCUT2D eigenvalue weighted by Crippen LogP contribution is 2.11. The second kappa shape index (κ2) is 4.98. The molecule has 0 radical (unpaired) electrons. The standard InChI is InChI=1S/C13H13N3S/c1-2-3-11-8-13(17)16(15-11)12-6-4-10(9-14)5-7-12/h4-8,15H,2-3H2,1H3. The van der Waals surface area contributed by atoms with Crippen LogP contribution in [-0.2, 0) is 6.42 Å². The van der Waals surface area contributed by atoms with E-state index in [1.165, 1.54) is 0 Å². The maximum atomic E-state index is 8.74. The van der Waals surface area contributed by atoms with Crippen LogP contribution in [0, 0.1) is 16.0 Å². The number of benzene rings is 1. The Morgan fingerprint density at radius 1 is 1.35 bits per heavy atom. The lowest BCUT2D eigenvalue weighted by Gasteiger charge is -2.02. The van der Waals surface area contributed by atoms with Gasteiger partial charge in [0.25, 0.3) is 0 Å². The van der Waals surface area contributed by atoms with Crippen LogP contribution in [0.25, 0.3) is 5.69 Å². The molecule has 0 spiro atoms. The predicted octanol–water partition coefficient (Wildman–Crippen LogP) is 3.36. The minimum atomic E-state index is 0.653. The first kappa shape index (κ1) is 11.6. The summed E-state index contributed by atoms with van der Waals surface area (Å²) >= 11 is 5.30. The quantitative estimate of drug-likeness (QED) is 0.840. The molecule has 2 rings (SSSR count). The van der Waals surface area contributed by atoms with E-state index in [4.69, 9.17) is 17.5 Å². The maximum absolute atomic E-state index is 8.74. The zero-order valence-electron chi connectivity index (χ0n) is 9.60. The Morgan fingerprint density at radius 3 is 2.65 bits per heavy atom. The first-order valence-corrected chi connectivity index (χ1v) is 5.97. The number of rotatable bonds is 3. The normalized spacial score (nSPS) is 10.1. The van der Waals surface area contributed by atoms with E-state index in [2.05, 4.69) is 18.1 Å². The van der Waals surface area contributed by atoms with Gasteiger partial charge in [-0.1, -0.05) is 25.6 Å². The number of hydrogen-bond acceptors (Lipinski definition) is 2. The number of aryl methyl sites for hydroxylation is 1. The molecule has 0 aliphatic rings. The largest absolute Gasteiger partial charge is 0.297 e. The lowest BCUT2D eigenvalue weighted by molar-refractivity contribution is 0.802. The van der Waals surface area contributed by atoms with Crippen LogP contribution in [0.1, 0.15) is 24.6 Å². The van der Waals surface area contributed by atoms with Gasteiger partial charge in [-0.25, -0.2) is 4.68 Å². The minimum absolute atomic E-state index is 0.653. The molecule has 0 saturated carbocycles. The Labute approximate surface area is 105 Å². The van der Waals surface area contributed by atoms with Crippen LogP contribution < -0.4 is 0 Å². The molecule has 4 heteroatoms. The summed E-state index contributed by atoms with van der Waals surface area (Å²) in [6, 6.07) is 11.4. The molecule has 0 amide bonds. The number of hydrogen-bond donors (Lipinski definition) is 1. The summed E-state index contributed by atoms with van der Waals surface area (Å²) in [5.74, 6) is 0. The molecule has 3 nitrogen and oxygen atoms in total. The van der Waals surface area contributed by atoms with Gasteiger partial charge in [-0.15, -0.1) is 0 Å². The predicted molar refractivity (Wildman–Crippen MR) is 69.7 cm³/mol. The van der Waals surface area contributed by atoms with E-state index in [-0.39, 0.29) is 0 Å². The van der Waals surface area contributed by atoms with Gasteiger partial charge >= 0.3 is 0 Å². The molecule has 0 aliphatic heterocycles. The second-order valence-electron chi connectivity index (χ2n) is 3.86. The van der Waals surface area contributed by atoms with Crippen molar-refractivity contribution in [1.82, 2.24) is 9.78 Å².